The lowest BCUT2D eigenvalue weighted by Crippen LogP contribution is -2.51. The number of aromatic nitrogens is 1. The van der Waals surface area contributed by atoms with Gasteiger partial charge >= 0.3 is 6.18 Å². The summed E-state index contributed by atoms with van der Waals surface area (Å²) in [5.74, 6) is 0.101. The normalized spacial score (nSPS) is 24.7. The smallest absolute Gasteiger partial charge is 0.362 e. The SMILES string of the molecule is CCC1(c2cccc(N(C)c3ccnc(C(F)(F)F)c3)c2)C2=CN=NC2NC2=C1C(=O)CC(C)(C)C2. The lowest BCUT2D eigenvalue weighted by molar-refractivity contribution is -0.141. The molecule has 1 aromatic heterocycles. The van der Waals surface area contributed by atoms with Crippen LogP contribution in [0.1, 0.15) is 51.3 Å². The molecule has 0 amide bonds. The van der Waals surface area contributed by atoms with E-state index in [1.807, 2.05) is 31.2 Å². The molecule has 6 nitrogen and oxygen atoms in total. The van der Waals surface area contributed by atoms with Gasteiger partial charge in [-0.3, -0.25) is 9.78 Å². The second-order valence-electron chi connectivity index (χ2n) is 10.4. The molecule has 188 valence electrons. The number of benzene rings is 1. The Balaban J connectivity index is 1.64. The van der Waals surface area contributed by atoms with Crippen LogP contribution in [0.25, 0.3) is 0 Å². The fourth-order valence-electron chi connectivity index (χ4n) is 5.80. The van der Waals surface area contributed by atoms with Crippen molar-refractivity contribution >= 4 is 17.2 Å². The summed E-state index contributed by atoms with van der Waals surface area (Å²) >= 11 is 0. The summed E-state index contributed by atoms with van der Waals surface area (Å²) in [6.07, 6.45) is -0.184. The number of carbonyl (C=O) groups is 1. The molecule has 0 saturated heterocycles. The molecule has 1 aromatic carbocycles. The van der Waals surface area contributed by atoms with Gasteiger partial charge in [-0.15, -0.1) is 0 Å². The number of fused-ring (bicyclic) bond motifs is 1. The molecule has 1 N–H and O–H groups in total. The molecule has 0 saturated carbocycles. The van der Waals surface area contributed by atoms with Gasteiger partial charge in [0.15, 0.2) is 11.9 Å². The maximum atomic E-state index is 13.6. The lowest BCUT2D eigenvalue weighted by atomic mass is 9.59. The standard InChI is InChI=1S/C27H28F3N5O/c1-5-26(19-15-32-34-24(19)33-20-13-25(2,3)14-21(36)23(20)26)16-7-6-8-17(11-16)35(4)18-9-10-31-22(12-18)27(28,29)30/h6-12,15,24,33H,5,13-14H2,1-4H3. The first-order chi connectivity index (χ1) is 17.0. The van der Waals surface area contributed by atoms with Crippen molar-refractivity contribution in [1.29, 1.82) is 0 Å². The van der Waals surface area contributed by atoms with Gasteiger partial charge < -0.3 is 10.2 Å². The summed E-state index contributed by atoms with van der Waals surface area (Å²) in [5, 5.41) is 12.0. The van der Waals surface area contributed by atoms with E-state index in [1.165, 1.54) is 0 Å². The van der Waals surface area contributed by atoms with Crippen LogP contribution in [-0.2, 0) is 16.4 Å². The first kappa shape index (κ1) is 24.2. The maximum absolute atomic E-state index is 13.6. The predicted molar refractivity (Wildman–Crippen MR) is 131 cm³/mol. The molecule has 2 aliphatic heterocycles. The van der Waals surface area contributed by atoms with E-state index in [4.69, 9.17) is 0 Å². The van der Waals surface area contributed by atoms with Gasteiger partial charge in [0, 0.05) is 47.9 Å². The molecule has 2 unspecified atom stereocenters. The number of pyridine rings is 1. The molecule has 5 rings (SSSR count). The van der Waals surface area contributed by atoms with E-state index in [0.29, 0.717) is 24.2 Å². The summed E-state index contributed by atoms with van der Waals surface area (Å²) in [7, 11) is 1.72. The Kier molecular flexibility index (Phi) is 5.57. The molecule has 2 atom stereocenters. The minimum Gasteiger partial charge on any atom is -0.362 e. The van der Waals surface area contributed by atoms with Crippen molar-refractivity contribution in [2.75, 3.05) is 11.9 Å². The molecule has 3 aliphatic rings. The third-order valence-corrected chi connectivity index (χ3v) is 7.46. The summed E-state index contributed by atoms with van der Waals surface area (Å²) in [4.78, 5) is 18.8. The van der Waals surface area contributed by atoms with Crippen LogP contribution in [0.15, 0.2) is 75.9 Å². The Morgan fingerprint density at radius 3 is 2.61 bits per heavy atom. The number of rotatable bonds is 4. The molecule has 1 aliphatic carbocycles. The van der Waals surface area contributed by atoms with Crippen molar-refractivity contribution in [2.45, 2.75) is 57.8 Å². The number of anilines is 2. The number of alkyl halides is 3. The van der Waals surface area contributed by atoms with Crippen LogP contribution in [0.4, 0.5) is 24.5 Å². The molecule has 2 aromatic rings. The van der Waals surface area contributed by atoms with Crippen molar-refractivity contribution in [1.82, 2.24) is 10.3 Å². The summed E-state index contributed by atoms with van der Waals surface area (Å²) in [6, 6.07) is 10.2. The van der Waals surface area contributed by atoms with Gasteiger partial charge in [-0.1, -0.05) is 32.9 Å². The Morgan fingerprint density at radius 2 is 1.89 bits per heavy atom. The highest BCUT2D eigenvalue weighted by atomic mass is 19.4. The van der Waals surface area contributed by atoms with E-state index in [1.54, 1.807) is 24.2 Å². The van der Waals surface area contributed by atoms with Crippen LogP contribution in [0.3, 0.4) is 0 Å². The highest BCUT2D eigenvalue weighted by Gasteiger charge is 2.53. The number of azo groups is 1. The predicted octanol–water partition coefficient (Wildman–Crippen LogP) is 6.44. The molecule has 0 fully saturated rings. The van der Waals surface area contributed by atoms with Crippen LogP contribution in [-0.4, -0.2) is 24.0 Å². The molecule has 36 heavy (non-hydrogen) atoms. The average Bonchev–Trinajstić information content (AvgIpc) is 3.30. The van der Waals surface area contributed by atoms with Gasteiger partial charge in [0.05, 0.1) is 11.6 Å². The van der Waals surface area contributed by atoms with Crippen LogP contribution in [0, 0.1) is 5.41 Å². The fourth-order valence-corrected chi connectivity index (χ4v) is 5.80. The number of nitrogens with zero attached hydrogens (tertiary/aromatic N) is 4. The Hall–Kier alpha value is -3.49. The van der Waals surface area contributed by atoms with Crippen LogP contribution in [0.2, 0.25) is 0 Å². The molecule has 3 heterocycles. The zero-order valence-corrected chi connectivity index (χ0v) is 20.6. The second kappa shape index (κ2) is 8.28. The third kappa shape index (κ3) is 3.81. The quantitative estimate of drug-likeness (QED) is 0.530. The highest BCUT2D eigenvalue weighted by Crippen LogP contribution is 2.54. The van der Waals surface area contributed by atoms with E-state index in [9.17, 15) is 18.0 Å². The summed E-state index contributed by atoms with van der Waals surface area (Å²) in [5.41, 5.74) is 2.69. The number of carbonyl (C=O) groups excluding carboxylic acids is 1. The van der Waals surface area contributed by atoms with Crippen LogP contribution in [0.5, 0.6) is 0 Å². The summed E-state index contributed by atoms with van der Waals surface area (Å²) < 4.78 is 39.8. The third-order valence-electron chi connectivity index (χ3n) is 7.46. The maximum Gasteiger partial charge on any atom is 0.433 e. The van der Waals surface area contributed by atoms with Crippen LogP contribution < -0.4 is 10.2 Å². The molecular formula is C27H28F3N5O. The van der Waals surface area contributed by atoms with Gasteiger partial charge in [0.25, 0.3) is 0 Å². The van der Waals surface area contributed by atoms with Crippen molar-refractivity contribution in [2.24, 2.45) is 15.6 Å². The van der Waals surface area contributed by atoms with Gasteiger partial charge in [-0.2, -0.15) is 23.4 Å². The zero-order chi connectivity index (χ0) is 25.9. The minimum atomic E-state index is -4.53. The van der Waals surface area contributed by atoms with E-state index in [-0.39, 0.29) is 17.4 Å². The van der Waals surface area contributed by atoms with E-state index < -0.39 is 17.3 Å². The number of hydrogen-bond donors (Lipinski definition) is 1. The largest absolute Gasteiger partial charge is 0.433 e. The zero-order valence-electron chi connectivity index (χ0n) is 20.6. The van der Waals surface area contributed by atoms with Crippen molar-refractivity contribution in [3.8, 4) is 0 Å². The van der Waals surface area contributed by atoms with E-state index in [2.05, 4.69) is 34.4 Å². The van der Waals surface area contributed by atoms with E-state index in [0.717, 1.165) is 41.1 Å². The van der Waals surface area contributed by atoms with Gasteiger partial charge in [-0.05, 0) is 48.1 Å². The molecule has 0 radical (unpaired) electrons. The minimum absolute atomic E-state index is 0.101. The first-order valence-electron chi connectivity index (χ1n) is 12.0. The first-order valence-corrected chi connectivity index (χ1v) is 12.0. The fraction of sp³-hybridized carbons (Fsp3) is 0.407. The lowest BCUT2D eigenvalue weighted by Gasteiger charge is -2.48. The van der Waals surface area contributed by atoms with Crippen molar-refractivity contribution < 1.29 is 18.0 Å². The Labute approximate surface area is 208 Å². The van der Waals surface area contributed by atoms with Crippen molar-refractivity contribution in [3.05, 3.63) is 76.9 Å². The molecule has 0 spiro atoms. The number of hydrogen-bond acceptors (Lipinski definition) is 6. The van der Waals surface area contributed by atoms with Gasteiger partial charge in [0.2, 0.25) is 0 Å². The molecule has 0 bridgehead atoms. The van der Waals surface area contributed by atoms with Gasteiger partial charge in [0.1, 0.15) is 5.69 Å². The topological polar surface area (TPSA) is 70.0 Å². The highest BCUT2D eigenvalue weighted by molar-refractivity contribution is 6.01. The second-order valence-corrected chi connectivity index (χ2v) is 10.4. The number of allylic oxidation sites excluding steroid dienone is 2. The molecule has 9 heteroatoms. The van der Waals surface area contributed by atoms with Crippen LogP contribution >= 0.6 is 0 Å². The summed E-state index contributed by atoms with van der Waals surface area (Å²) in [6.45, 7) is 6.23. The van der Waals surface area contributed by atoms with E-state index >= 15 is 0 Å². The molecular weight excluding hydrogens is 467 g/mol. The monoisotopic (exact) mass is 495 g/mol. The average molecular weight is 496 g/mol. The number of nitrogens with one attached hydrogen (secondary N) is 1. The number of halogens is 3. The number of Topliss-reactive ketones (excluding diaryl/α,β-unsaturated/α-hetero) is 1. The van der Waals surface area contributed by atoms with Crippen molar-refractivity contribution in [3.63, 3.8) is 0 Å². The van der Waals surface area contributed by atoms with Gasteiger partial charge in [-0.25, -0.2) is 0 Å². The Bertz CT molecular complexity index is 1330. The number of ketones is 1. The Morgan fingerprint density at radius 1 is 1.14 bits per heavy atom.